The zero-order valence-corrected chi connectivity index (χ0v) is 12.5. The maximum absolute atomic E-state index is 6.22. The summed E-state index contributed by atoms with van der Waals surface area (Å²) in [5.74, 6) is 1.53. The second kappa shape index (κ2) is 6.49. The van der Waals surface area contributed by atoms with Gasteiger partial charge in [-0.25, -0.2) is 0 Å². The number of nitrogens with zero attached hydrogens (tertiary/aromatic N) is 1. The van der Waals surface area contributed by atoms with Crippen molar-refractivity contribution in [1.29, 1.82) is 0 Å². The van der Waals surface area contributed by atoms with Gasteiger partial charge in [-0.1, -0.05) is 18.2 Å². The van der Waals surface area contributed by atoms with Crippen molar-refractivity contribution in [1.82, 2.24) is 5.32 Å². The Hall–Kier alpha value is -1.22. The molecular formula is C16H22ClN3. The number of guanidine groups is 1. The second-order valence-corrected chi connectivity index (χ2v) is 6.29. The quantitative estimate of drug-likeness (QED) is 0.815. The Morgan fingerprint density at radius 3 is 2.70 bits per heavy atom. The van der Waals surface area contributed by atoms with Crippen LogP contribution in [0.25, 0.3) is 0 Å². The smallest absolute Gasteiger partial charge is 0.195 e. The summed E-state index contributed by atoms with van der Waals surface area (Å²) in [6.45, 7) is 1.92. The molecule has 1 fully saturated rings. The summed E-state index contributed by atoms with van der Waals surface area (Å²) in [7, 11) is 0. The summed E-state index contributed by atoms with van der Waals surface area (Å²) in [4.78, 5) is 4.50. The van der Waals surface area contributed by atoms with Crippen molar-refractivity contribution in [3.63, 3.8) is 0 Å². The average Bonchev–Trinajstić information content (AvgIpc) is 2.50. The Kier molecular flexibility index (Phi) is 4.46. The van der Waals surface area contributed by atoms with Crippen LogP contribution in [0.3, 0.4) is 0 Å². The zero-order valence-electron chi connectivity index (χ0n) is 11.7. The maximum Gasteiger partial charge on any atom is 0.195 e. The van der Waals surface area contributed by atoms with Gasteiger partial charge in [0, 0.05) is 24.2 Å². The van der Waals surface area contributed by atoms with E-state index in [1.807, 2.05) is 0 Å². The summed E-state index contributed by atoms with van der Waals surface area (Å²) in [5.41, 5.74) is 2.60. The molecule has 0 aromatic heterocycles. The van der Waals surface area contributed by atoms with Gasteiger partial charge in [-0.2, -0.15) is 0 Å². The Balaban J connectivity index is 1.75. The number of para-hydroxylation sites is 1. The third kappa shape index (κ3) is 3.26. The fourth-order valence-electron chi connectivity index (χ4n) is 3.07. The molecule has 2 N–H and O–H groups in total. The average molecular weight is 292 g/mol. The molecule has 0 atom stereocenters. The maximum atomic E-state index is 6.22. The van der Waals surface area contributed by atoms with E-state index >= 15 is 0 Å². The van der Waals surface area contributed by atoms with Crippen molar-refractivity contribution in [2.75, 3.05) is 18.4 Å². The molecule has 1 aliphatic heterocycles. The van der Waals surface area contributed by atoms with E-state index in [-0.39, 0.29) is 0 Å². The standard InChI is InChI=1S/C16H22ClN3/c17-13-8-6-12(7-9-13)14-4-1-2-5-15(14)20-16-18-10-3-11-19-16/h1-2,4-5,12-13H,3,6-11H2,(H2,18,19,20). The molecule has 20 heavy (non-hydrogen) atoms. The fourth-order valence-corrected chi connectivity index (χ4v) is 3.33. The summed E-state index contributed by atoms with van der Waals surface area (Å²) in [6.07, 6.45) is 5.74. The van der Waals surface area contributed by atoms with Crippen LogP contribution in [-0.2, 0) is 0 Å². The highest BCUT2D eigenvalue weighted by atomic mass is 35.5. The molecule has 0 radical (unpaired) electrons. The van der Waals surface area contributed by atoms with Gasteiger partial charge in [0.25, 0.3) is 0 Å². The topological polar surface area (TPSA) is 36.4 Å². The number of rotatable bonds is 2. The minimum absolute atomic E-state index is 0.371. The molecule has 0 saturated heterocycles. The molecular weight excluding hydrogens is 270 g/mol. The summed E-state index contributed by atoms with van der Waals surface area (Å²) in [6, 6.07) is 8.61. The Bertz CT molecular complexity index is 478. The number of halogens is 1. The predicted molar refractivity (Wildman–Crippen MR) is 85.8 cm³/mol. The van der Waals surface area contributed by atoms with Crippen LogP contribution in [0.15, 0.2) is 29.3 Å². The van der Waals surface area contributed by atoms with Gasteiger partial charge in [-0.05, 0) is 49.7 Å². The molecule has 1 aromatic carbocycles. The largest absolute Gasteiger partial charge is 0.356 e. The second-order valence-electron chi connectivity index (χ2n) is 5.67. The van der Waals surface area contributed by atoms with Gasteiger partial charge in [0.15, 0.2) is 5.96 Å². The van der Waals surface area contributed by atoms with Gasteiger partial charge in [0.1, 0.15) is 0 Å². The molecule has 1 heterocycles. The monoisotopic (exact) mass is 291 g/mol. The molecule has 1 aromatic rings. The van der Waals surface area contributed by atoms with Crippen molar-refractivity contribution in [2.45, 2.75) is 43.4 Å². The Morgan fingerprint density at radius 1 is 1.15 bits per heavy atom. The lowest BCUT2D eigenvalue weighted by atomic mass is 9.83. The van der Waals surface area contributed by atoms with Crippen LogP contribution in [0.2, 0.25) is 0 Å². The van der Waals surface area contributed by atoms with Gasteiger partial charge < -0.3 is 10.6 Å². The first kappa shape index (κ1) is 13.7. The summed E-state index contributed by atoms with van der Waals surface area (Å²) in [5, 5.41) is 7.16. The van der Waals surface area contributed by atoms with Crippen molar-refractivity contribution < 1.29 is 0 Å². The molecule has 1 saturated carbocycles. The van der Waals surface area contributed by atoms with Gasteiger partial charge >= 0.3 is 0 Å². The molecule has 0 amide bonds. The fraction of sp³-hybridized carbons (Fsp3) is 0.562. The van der Waals surface area contributed by atoms with Crippen LogP contribution >= 0.6 is 11.6 Å². The number of anilines is 1. The van der Waals surface area contributed by atoms with E-state index in [2.05, 4.69) is 39.9 Å². The summed E-state index contributed by atoms with van der Waals surface area (Å²) < 4.78 is 0. The van der Waals surface area contributed by atoms with Gasteiger partial charge in [-0.3, -0.25) is 4.99 Å². The van der Waals surface area contributed by atoms with Gasteiger partial charge in [0.05, 0.1) is 0 Å². The van der Waals surface area contributed by atoms with Crippen LogP contribution < -0.4 is 10.6 Å². The van der Waals surface area contributed by atoms with E-state index in [1.54, 1.807) is 0 Å². The number of benzene rings is 1. The zero-order chi connectivity index (χ0) is 13.8. The third-order valence-corrected chi connectivity index (χ3v) is 4.64. The molecule has 4 heteroatoms. The lowest BCUT2D eigenvalue weighted by Crippen LogP contribution is -2.35. The third-order valence-electron chi connectivity index (χ3n) is 4.21. The van der Waals surface area contributed by atoms with E-state index in [9.17, 15) is 0 Å². The van der Waals surface area contributed by atoms with Crippen LogP contribution in [0.4, 0.5) is 5.69 Å². The first-order chi connectivity index (χ1) is 9.83. The molecule has 2 aliphatic rings. The number of hydrogen-bond donors (Lipinski definition) is 2. The van der Waals surface area contributed by atoms with E-state index in [4.69, 9.17) is 11.6 Å². The minimum Gasteiger partial charge on any atom is -0.356 e. The highest BCUT2D eigenvalue weighted by Gasteiger charge is 2.23. The van der Waals surface area contributed by atoms with Gasteiger partial charge in [-0.15, -0.1) is 11.6 Å². The van der Waals surface area contributed by atoms with Crippen LogP contribution in [0.1, 0.15) is 43.6 Å². The molecule has 1 aliphatic carbocycles. The lowest BCUT2D eigenvalue weighted by Gasteiger charge is -2.27. The van der Waals surface area contributed by atoms with E-state index in [0.29, 0.717) is 11.3 Å². The van der Waals surface area contributed by atoms with Crippen LogP contribution in [0, 0.1) is 0 Å². The first-order valence-electron chi connectivity index (χ1n) is 7.61. The van der Waals surface area contributed by atoms with Crippen LogP contribution in [-0.4, -0.2) is 24.4 Å². The van der Waals surface area contributed by atoms with Gasteiger partial charge in [0.2, 0.25) is 0 Å². The minimum atomic E-state index is 0.371. The normalized spacial score (nSPS) is 26.6. The Morgan fingerprint density at radius 2 is 1.95 bits per heavy atom. The number of nitrogens with one attached hydrogen (secondary N) is 2. The lowest BCUT2D eigenvalue weighted by molar-refractivity contribution is 0.450. The predicted octanol–water partition coefficient (Wildman–Crippen LogP) is 3.71. The van der Waals surface area contributed by atoms with E-state index < -0.39 is 0 Å². The highest BCUT2D eigenvalue weighted by molar-refractivity contribution is 6.20. The SMILES string of the molecule is ClC1CCC(c2ccccc2NC2=NCCCN2)CC1. The molecule has 0 bridgehead atoms. The van der Waals surface area contributed by atoms with Crippen molar-refractivity contribution in [2.24, 2.45) is 4.99 Å². The number of hydrogen-bond acceptors (Lipinski definition) is 3. The highest BCUT2D eigenvalue weighted by Crippen LogP contribution is 2.37. The van der Waals surface area contributed by atoms with Crippen molar-refractivity contribution >= 4 is 23.2 Å². The molecule has 3 rings (SSSR count). The molecule has 0 unspecified atom stereocenters. The first-order valence-corrected chi connectivity index (χ1v) is 8.05. The molecule has 108 valence electrons. The molecule has 3 nitrogen and oxygen atoms in total. The van der Waals surface area contributed by atoms with Crippen LogP contribution in [0.5, 0.6) is 0 Å². The summed E-state index contributed by atoms with van der Waals surface area (Å²) >= 11 is 6.22. The van der Waals surface area contributed by atoms with Crippen molar-refractivity contribution in [3.8, 4) is 0 Å². The number of aliphatic imine (C=N–C) groups is 1. The van der Waals surface area contributed by atoms with E-state index in [1.165, 1.54) is 24.1 Å². The number of alkyl halides is 1. The van der Waals surface area contributed by atoms with Crippen molar-refractivity contribution in [3.05, 3.63) is 29.8 Å². The molecule has 0 spiro atoms. The van der Waals surface area contributed by atoms with E-state index in [0.717, 1.165) is 38.3 Å². The Labute approximate surface area is 125 Å².